The molecule has 0 aromatic rings. The van der Waals surface area contributed by atoms with E-state index in [0.29, 0.717) is 13.0 Å². The van der Waals surface area contributed by atoms with Crippen LogP contribution in [-0.2, 0) is 9.53 Å². The highest BCUT2D eigenvalue weighted by Crippen LogP contribution is 2.49. The van der Waals surface area contributed by atoms with Crippen molar-refractivity contribution in [2.24, 2.45) is 17.1 Å². The number of carbonyl (C=O) groups excluding carboxylic acids is 1. The van der Waals surface area contributed by atoms with Crippen molar-refractivity contribution in [2.75, 3.05) is 13.2 Å². The van der Waals surface area contributed by atoms with Crippen LogP contribution in [0.3, 0.4) is 0 Å². The Bertz CT molecular complexity index is 326. The molecule has 0 aliphatic heterocycles. The molecule has 0 bridgehead atoms. The van der Waals surface area contributed by atoms with E-state index in [-0.39, 0.29) is 17.4 Å². The largest absolute Gasteiger partial charge is 0.378 e. The molecule has 2 rings (SSSR count). The SMILES string of the molecule is CCOC1CC(N)(C(=O)NCCC2CC2)C1(C)C. The third kappa shape index (κ3) is 2.28. The number of amides is 1. The number of carbonyl (C=O) groups is 1. The second-order valence-electron chi connectivity index (χ2n) is 6.33. The standard InChI is InChI=1S/C14H26N2O2/c1-4-18-11-9-14(15,13(11,2)3)12(17)16-8-7-10-5-6-10/h10-11H,4-9,15H2,1-3H3,(H,16,17). The Morgan fingerprint density at radius 2 is 2.11 bits per heavy atom. The Hall–Kier alpha value is -0.610. The van der Waals surface area contributed by atoms with Gasteiger partial charge < -0.3 is 15.8 Å². The molecular formula is C14H26N2O2. The predicted molar refractivity (Wildman–Crippen MR) is 71.1 cm³/mol. The van der Waals surface area contributed by atoms with E-state index < -0.39 is 5.54 Å². The van der Waals surface area contributed by atoms with Crippen LogP contribution in [0.4, 0.5) is 0 Å². The van der Waals surface area contributed by atoms with E-state index in [4.69, 9.17) is 10.5 Å². The van der Waals surface area contributed by atoms with Gasteiger partial charge in [-0.1, -0.05) is 26.7 Å². The first-order valence-electron chi connectivity index (χ1n) is 7.10. The molecule has 0 radical (unpaired) electrons. The van der Waals surface area contributed by atoms with Gasteiger partial charge >= 0.3 is 0 Å². The molecule has 4 heteroatoms. The van der Waals surface area contributed by atoms with Crippen LogP contribution in [0.2, 0.25) is 0 Å². The van der Waals surface area contributed by atoms with Crippen LogP contribution in [0.25, 0.3) is 0 Å². The van der Waals surface area contributed by atoms with Crippen molar-refractivity contribution in [3.8, 4) is 0 Å². The molecular weight excluding hydrogens is 228 g/mol. The van der Waals surface area contributed by atoms with E-state index >= 15 is 0 Å². The molecule has 2 fully saturated rings. The summed E-state index contributed by atoms with van der Waals surface area (Å²) < 4.78 is 5.63. The average Bonchev–Trinajstić information content (AvgIpc) is 3.12. The number of ether oxygens (including phenoxy) is 1. The highest BCUT2D eigenvalue weighted by molar-refractivity contribution is 5.88. The molecule has 4 nitrogen and oxygen atoms in total. The smallest absolute Gasteiger partial charge is 0.240 e. The second kappa shape index (κ2) is 4.82. The molecule has 1 amide bonds. The molecule has 0 saturated heterocycles. The van der Waals surface area contributed by atoms with E-state index in [1.54, 1.807) is 0 Å². The van der Waals surface area contributed by atoms with Gasteiger partial charge in [-0.15, -0.1) is 0 Å². The van der Waals surface area contributed by atoms with E-state index in [1.807, 2.05) is 20.8 Å². The summed E-state index contributed by atoms with van der Waals surface area (Å²) in [4.78, 5) is 12.2. The molecule has 3 N–H and O–H groups in total. The van der Waals surface area contributed by atoms with Crippen LogP contribution < -0.4 is 11.1 Å². The topological polar surface area (TPSA) is 64.3 Å². The zero-order valence-corrected chi connectivity index (χ0v) is 11.8. The summed E-state index contributed by atoms with van der Waals surface area (Å²) in [5.41, 5.74) is 5.23. The second-order valence-corrected chi connectivity index (χ2v) is 6.33. The first-order chi connectivity index (χ1) is 8.41. The summed E-state index contributed by atoms with van der Waals surface area (Å²) in [5, 5.41) is 3.00. The normalized spacial score (nSPS) is 33.9. The fourth-order valence-electron chi connectivity index (χ4n) is 2.77. The van der Waals surface area contributed by atoms with Crippen LogP contribution >= 0.6 is 0 Å². The number of nitrogens with one attached hydrogen (secondary N) is 1. The number of hydrogen-bond acceptors (Lipinski definition) is 3. The molecule has 2 aliphatic carbocycles. The monoisotopic (exact) mass is 254 g/mol. The van der Waals surface area contributed by atoms with Crippen molar-refractivity contribution in [3.63, 3.8) is 0 Å². The van der Waals surface area contributed by atoms with Gasteiger partial charge in [0, 0.05) is 25.0 Å². The van der Waals surface area contributed by atoms with Gasteiger partial charge in [0.1, 0.15) is 5.54 Å². The molecule has 2 unspecified atom stereocenters. The lowest BCUT2D eigenvalue weighted by molar-refractivity contribution is -0.170. The average molecular weight is 254 g/mol. The zero-order chi connectivity index (χ0) is 13.4. The van der Waals surface area contributed by atoms with Crippen LogP contribution in [-0.4, -0.2) is 30.7 Å². The quantitative estimate of drug-likeness (QED) is 0.754. The zero-order valence-electron chi connectivity index (χ0n) is 11.8. The Morgan fingerprint density at radius 1 is 1.44 bits per heavy atom. The predicted octanol–water partition coefficient (Wildman–Crippen LogP) is 1.44. The minimum atomic E-state index is -0.767. The van der Waals surface area contributed by atoms with Crippen LogP contribution in [0.1, 0.15) is 46.5 Å². The van der Waals surface area contributed by atoms with Gasteiger partial charge in [-0.25, -0.2) is 0 Å². The highest BCUT2D eigenvalue weighted by Gasteiger charge is 2.62. The molecule has 0 aromatic carbocycles. The van der Waals surface area contributed by atoms with Crippen molar-refractivity contribution >= 4 is 5.91 Å². The van der Waals surface area contributed by atoms with Gasteiger partial charge in [0.2, 0.25) is 5.91 Å². The molecule has 2 saturated carbocycles. The summed E-state index contributed by atoms with van der Waals surface area (Å²) in [5.74, 6) is 0.828. The van der Waals surface area contributed by atoms with Gasteiger partial charge in [-0.2, -0.15) is 0 Å². The summed E-state index contributed by atoms with van der Waals surface area (Å²) in [6, 6.07) is 0. The Balaban J connectivity index is 1.84. The summed E-state index contributed by atoms with van der Waals surface area (Å²) in [6.07, 6.45) is 4.46. The maximum Gasteiger partial charge on any atom is 0.240 e. The number of hydrogen-bond donors (Lipinski definition) is 2. The minimum absolute atomic E-state index is 0.0101. The molecule has 2 aliphatic rings. The Labute approximate surface area is 110 Å². The van der Waals surface area contributed by atoms with Crippen LogP contribution in [0.15, 0.2) is 0 Å². The molecule has 2 atom stereocenters. The van der Waals surface area contributed by atoms with Gasteiger partial charge in [-0.3, -0.25) is 4.79 Å². The maximum absolute atomic E-state index is 12.2. The van der Waals surface area contributed by atoms with E-state index in [9.17, 15) is 4.79 Å². The molecule has 0 spiro atoms. The fourth-order valence-corrected chi connectivity index (χ4v) is 2.77. The lowest BCUT2D eigenvalue weighted by atomic mass is 9.54. The number of rotatable bonds is 6. The third-order valence-corrected chi connectivity index (χ3v) is 4.77. The van der Waals surface area contributed by atoms with E-state index in [2.05, 4.69) is 5.32 Å². The first-order valence-corrected chi connectivity index (χ1v) is 7.10. The van der Waals surface area contributed by atoms with Crippen molar-refractivity contribution in [1.82, 2.24) is 5.32 Å². The van der Waals surface area contributed by atoms with Crippen molar-refractivity contribution in [3.05, 3.63) is 0 Å². The lowest BCUT2D eigenvalue weighted by Crippen LogP contribution is -2.75. The van der Waals surface area contributed by atoms with Gasteiger partial charge in [0.15, 0.2) is 0 Å². The van der Waals surface area contributed by atoms with Gasteiger partial charge in [0.25, 0.3) is 0 Å². The molecule has 104 valence electrons. The van der Waals surface area contributed by atoms with E-state index in [1.165, 1.54) is 12.8 Å². The number of nitrogens with two attached hydrogens (primary N) is 1. The molecule has 0 heterocycles. The van der Waals surface area contributed by atoms with Gasteiger partial charge in [-0.05, 0) is 19.3 Å². The van der Waals surface area contributed by atoms with Crippen molar-refractivity contribution < 1.29 is 9.53 Å². The highest BCUT2D eigenvalue weighted by atomic mass is 16.5. The molecule has 18 heavy (non-hydrogen) atoms. The van der Waals surface area contributed by atoms with Crippen molar-refractivity contribution in [2.45, 2.75) is 58.1 Å². The first kappa shape index (κ1) is 13.8. The Morgan fingerprint density at radius 3 is 2.61 bits per heavy atom. The van der Waals surface area contributed by atoms with Gasteiger partial charge in [0.05, 0.1) is 6.10 Å². The third-order valence-electron chi connectivity index (χ3n) is 4.77. The fraction of sp³-hybridized carbons (Fsp3) is 0.929. The van der Waals surface area contributed by atoms with Crippen LogP contribution in [0, 0.1) is 11.3 Å². The Kier molecular flexibility index (Phi) is 3.70. The summed E-state index contributed by atoms with van der Waals surface area (Å²) in [6.45, 7) is 7.46. The maximum atomic E-state index is 12.2. The van der Waals surface area contributed by atoms with Crippen LogP contribution in [0.5, 0.6) is 0 Å². The van der Waals surface area contributed by atoms with Crippen molar-refractivity contribution in [1.29, 1.82) is 0 Å². The molecule has 0 aromatic heterocycles. The minimum Gasteiger partial charge on any atom is -0.378 e. The van der Waals surface area contributed by atoms with E-state index in [0.717, 1.165) is 18.9 Å². The summed E-state index contributed by atoms with van der Waals surface area (Å²) >= 11 is 0. The summed E-state index contributed by atoms with van der Waals surface area (Å²) in [7, 11) is 0. The lowest BCUT2D eigenvalue weighted by Gasteiger charge is -2.57.